The number of hydrogen-bond acceptors (Lipinski definition) is 8. The summed E-state index contributed by atoms with van der Waals surface area (Å²) in [5.74, 6) is -0.552. The zero-order valence-electron chi connectivity index (χ0n) is 23.4. The summed E-state index contributed by atoms with van der Waals surface area (Å²) in [5.41, 5.74) is 4.18. The van der Waals surface area contributed by atoms with Crippen molar-refractivity contribution in [2.24, 2.45) is 0 Å². The molecule has 5 aliphatic heterocycles. The topological polar surface area (TPSA) is 86.0 Å². The predicted octanol–water partition coefficient (Wildman–Crippen LogP) is 4.66. The third-order valence-electron chi connectivity index (χ3n) is 9.56. The fraction of sp³-hybridized carbons (Fsp3) is 0.655. The average Bonchev–Trinajstić information content (AvgIpc) is 3.58. The van der Waals surface area contributed by atoms with Gasteiger partial charge in [-0.2, -0.15) is 23.1 Å². The van der Waals surface area contributed by atoms with Crippen LogP contribution >= 0.6 is 0 Å². The molecule has 2 aromatic rings. The molecule has 3 unspecified atom stereocenters. The number of aromatic nitrogens is 2. The molecule has 0 amide bonds. The predicted molar refractivity (Wildman–Crippen MR) is 142 cm³/mol. The highest BCUT2D eigenvalue weighted by Crippen LogP contribution is 2.45. The molecule has 0 saturated carbocycles. The number of fused-ring (bicyclic) bond motifs is 4. The van der Waals surface area contributed by atoms with Crippen molar-refractivity contribution < 1.29 is 36.2 Å². The number of benzene rings is 1. The van der Waals surface area contributed by atoms with Crippen LogP contribution < -0.4 is 15.4 Å². The maximum Gasteiger partial charge on any atom is 0.417 e. The van der Waals surface area contributed by atoms with E-state index in [1.807, 2.05) is 0 Å². The van der Waals surface area contributed by atoms with E-state index in [1.54, 1.807) is 0 Å². The molecule has 0 radical (unpaired) electrons. The number of alkyl halides is 4. The number of nitrogens with zero attached hydrogens (tertiary/aromatic N) is 4. The SMILES string of the molecule is Cc1cc(N)c(F)c(C2Cc3nc(OC[C@@]45CCCN4C[C@H](F)C5)nc(N4CC5CCC(C4)O5)c3CO2)c1C(F)(F)F. The van der Waals surface area contributed by atoms with Gasteiger partial charge in [0.25, 0.3) is 0 Å². The van der Waals surface area contributed by atoms with Crippen LogP contribution in [0.3, 0.4) is 0 Å². The van der Waals surface area contributed by atoms with Gasteiger partial charge in [-0.1, -0.05) is 0 Å². The number of anilines is 2. The molecule has 1 aromatic carbocycles. The molecule has 8 nitrogen and oxygen atoms in total. The van der Waals surface area contributed by atoms with Gasteiger partial charge in [-0.3, -0.25) is 4.90 Å². The lowest BCUT2D eigenvalue weighted by Crippen LogP contribution is -2.44. The van der Waals surface area contributed by atoms with Crippen LogP contribution in [0.5, 0.6) is 6.01 Å². The van der Waals surface area contributed by atoms with Crippen molar-refractivity contribution in [2.45, 2.75) is 88.3 Å². The first kappa shape index (κ1) is 28.0. The standard InChI is InChI=1S/C29H34F5N5O3/c1-15-7-20(35)25(31)23(24(15)29(32,33)34)22-8-21-19(13-40-22)26(38-11-17-3-4-18(12-38)42-17)37-27(36-21)41-14-28-5-2-6-39(28)10-16(30)9-28/h7,16-18,22H,2-6,8-14,35H2,1H3/t16-,17?,18?,22?,28+/m1/s1. The Morgan fingerprint density at radius 3 is 2.67 bits per heavy atom. The van der Waals surface area contributed by atoms with E-state index in [9.17, 15) is 17.6 Å². The van der Waals surface area contributed by atoms with Crippen LogP contribution in [0.4, 0.5) is 33.5 Å². The first-order chi connectivity index (χ1) is 20.0. The monoisotopic (exact) mass is 595 g/mol. The molecule has 6 heterocycles. The van der Waals surface area contributed by atoms with E-state index in [-0.39, 0.29) is 49.1 Å². The molecule has 13 heteroatoms. The van der Waals surface area contributed by atoms with Crippen LogP contribution in [0.25, 0.3) is 0 Å². The van der Waals surface area contributed by atoms with E-state index in [0.29, 0.717) is 43.1 Å². The van der Waals surface area contributed by atoms with E-state index in [0.717, 1.165) is 38.3 Å². The Labute approximate surface area is 240 Å². The lowest BCUT2D eigenvalue weighted by atomic mass is 9.91. The average molecular weight is 596 g/mol. The zero-order valence-corrected chi connectivity index (χ0v) is 23.4. The van der Waals surface area contributed by atoms with E-state index in [1.165, 1.54) is 6.92 Å². The molecular formula is C29H34F5N5O3. The fourth-order valence-corrected chi connectivity index (χ4v) is 7.70. The van der Waals surface area contributed by atoms with Gasteiger partial charge in [0.1, 0.15) is 18.6 Å². The van der Waals surface area contributed by atoms with Crippen LogP contribution in [-0.4, -0.2) is 71.6 Å². The quantitative estimate of drug-likeness (QED) is 0.395. The molecule has 4 saturated heterocycles. The lowest BCUT2D eigenvalue weighted by Gasteiger charge is -2.36. The van der Waals surface area contributed by atoms with Crippen molar-refractivity contribution in [2.75, 3.05) is 43.4 Å². The van der Waals surface area contributed by atoms with Crippen molar-refractivity contribution >= 4 is 11.5 Å². The van der Waals surface area contributed by atoms with Crippen molar-refractivity contribution in [1.29, 1.82) is 0 Å². The first-order valence-electron chi connectivity index (χ1n) is 14.6. The summed E-state index contributed by atoms with van der Waals surface area (Å²) in [7, 11) is 0. The van der Waals surface area contributed by atoms with Crippen LogP contribution in [0.15, 0.2) is 6.07 Å². The van der Waals surface area contributed by atoms with E-state index in [4.69, 9.17) is 24.9 Å². The van der Waals surface area contributed by atoms with Crippen LogP contribution in [-0.2, 0) is 28.7 Å². The van der Waals surface area contributed by atoms with Crippen molar-refractivity contribution in [3.63, 3.8) is 0 Å². The molecular weight excluding hydrogens is 561 g/mol. The highest BCUT2D eigenvalue weighted by atomic mass is 19.4. The normalized spacial score (nSPS) is 31.0. The van der Waals surface area contributed by atoms with Gasteiger partial charge in [-0.25, -0.2) is 8.78 Å². The molecule has 0 aliphatic carbocycles. The second-order valence-corrected chi connectivity index (χ2v) is 12.4. The Kier molecular flexibility index (Phi) is 6.78. The molecule has 1 aromatic heterocycles. The Bertz CT molecular complexity index is 1380. The minimum atomic E-state index is -4.81. The third-order valence-corrected chi connectivity index (χ3v) is 9.56. The minimum Gasteiger partial charge on any atom is -0.461 e. The van der Waals surface area contributed by atoms with Gasteiger partial charge in [-0.05, 0) is 50.8 Å². The Hall–Kier alpha value is -2.77. The summed E-state index contributed by atoms with van der Waals surface area (Å²) < 4.78 is 90.2. The Balaban J connectivity index is 1.25. The largest absolute Gasteiger partial charge is 0.461 e. The van der Waals surface area contributed by atoms with E-state index >= 15 is 4.39 Å². The number of rotatable bonds is 5. The van der Waals surface area contributed by atoms with Gasteiger partial charge < -0.3 is 24.8 Å². The number of hydrogen-bond donors (Lipinski definition) is 1. The maximum atomic E-state index is 15.3. The fourth-order valence-electron chi connectivity index (χ4n) is 7.70. The second-order valence-electron chi connectivity index (χ2n) is 12.4. The van der Waals surface area contributed by atoms with Gasteiger partial charge >= 0.3 is 12.2 Å². The number of nitrogens with two attached hydrogens (primary N) is 1. The van der Waals surface area contributed by atoms with Gasteiger partial charge in [0, 0.05) is 43.6 Å². The number of nitrogen functional groups attached to an aromatic ring is 1. The molecule has 228 valence electrons. The van der Waals surface area contributed by atoms with Gasteiger partial charge in [-0.15, -0.1) is 0 Å². The molecule has 5 atom stereocenters. The zero-order chi connectivity index (χ0) is 29.4. The number of halogens is 5. The van der Waals surface area contributed by atoms with E-state index < -0.39 is 40.9 Å². The molecule has 4 fully saturated rings. The van der Waals surface area contributed by atoms with E-state index in [2.05, 4.69) is 14.8 Å². The molecule has 0 spiro atoms. The van der Waals surface area contributed by atoms with Crippen LogP contribution in [0.1, 0.15) is 66.2 Å². The molecule has 7 rings (SSSR count). The summed E-state index contributed by atoms with van der Waals surface area (Å²) in [5, 5.41) is 0. The highest BCUT2D eigenvalue weighted by Gasteiger charge is 2.49. The lowest BCUT2D eigenvalue weighted by molar-refractivity contribution is -0.140. The van der Waals surface area contributed by atoms with Gasteiger partial charge in [0.05, 0.1) is 47.4 Å². The molecule has 42 heavy (non-hydrogen) atoms. The summed E-state index contributed by atoms with van der Waals surface area (Å²) in [4.78, 5) is 13.6. The number of ether oxygens (including phenoxy) is 3. The minimum absolute atomic E-state index is 0.0561. The highest BCUT2D eigenvalue weighted by molar-refractivity contribution is 5.55. The first-order valence-corrected chi connectivity index (χ1v) is 14.6. The van der Waals surface area contributed by atoms with Gasteiger partial charge in [0.15, 0.2) is 5.82 Å². The second kappa shape index (κ2) is 10.2. The third kappa shape index (κ3) is 4.77. The summed E-state index contributed by atoms with van der Waals surface area (Å²) in [6.07, 6.45) is -2.99. The molecule has 2 bridgehead atoms. The summed E-state index contributed by atoms with van der Waals surface area (Å²) in [6.45, 7) is 3.75. The van der Waals surface area contributed by atoms with Crippen molar-refractivity contribution in [3.05, 3.63) is 39.8 Å². The summed E-state index contributed by atoms with van der Waals surface area (Å²) >= 11 is 0. The van der Waals surface area contributed by atoms with Crippen molar-refractivity contribution in [1.82, 2.24) is 14.9 Å². The van der Waals surface area contributed by atoms with Crippen molar-refractivity contribution in [3.8, 4) is 6.01 Å². The van der Waals surface area contributed by atoms with Gasteiger partial charge in [0.2, 0.25) is 0 Å². The smallest absolute Gasteiger partial charge is 0.417 e. The molecule has 5 aliphatic rings. The number of aryl methyl sites for hydroxylation is 1. The number of morpholine rings is 1. The summed E-state index contributed by atoms with van der Waals surface area (Å²) in [6, 6.07) is 1.07. The maximum absolute atomic E-state index is 15.3. The van der Waals surface area contributed by atoms with Crippen LogP contribution in [0, 0.1) is 12.7 Å². The Morgan fingerprint density at radius 1 is 1.17 bits per heavy atom. The van der Waals surface area contributed by atoms with Crippen LogP contribution in [0.2, 0.25) is 0 Å². The molecule has 2 N–H and O–H groups in total. The Morgan fingerprint density at radius 2 is 1.93 bits per heavy atom.